The van der Waals surface area contributed by atoms with Crippen LogP contribution in [0.15, 0.2) is 0 Å². The van der Waals surface area contributed by atoms with Gasteiger partial charge in [0, 0.05) is 13.2 Å². The fraction of sp³-hybridized carbons (Fsp3) is 1.00. The van der Waals surface area contributed by atoms with Crippen molar-refractivity contribution in [2.75, 3.05) is 19.8 Å². The lowest BCUT2D eigenvalue weighted by molar-refractivity contribution is -0.164. The lowest BCUT2D eigenvalue weighted by atomic mass is 9.71. The molecule has 0 aromatic heterocycles. The highest BCUT2D eigenvalue weighted by molar-refractivity contribution is 4.95. The summed E-state index contributed by atoms with van der Waals surface area (Å²) in [5.74, 6) is 0.316. The molecule has 2 atom stereocenters. The maximum absolute atomic E-state index is 10.6. The molecule has 1 aliphatic carbocycles. The van der Waals surface area contributed by atoms with Crippen LogP contribution >= 0.6 is 0 Å². The highest BCUT2D eigenvalue weighted by atomic mass is 16.5. The Labute approximate surface area is 111 Å². The van der Waals surface area contributed by atoms with E-state index in [-0.39, 0.29) is 5.60 Å². The SMILES string of the molecule is CCOCC(C)(O)C1CCOC2(CCCCC2)C1. The van der Waals surface area contributed by atoms with Crippen LogP contribution in [-0.4, -0.2) is 36.1 Å². The fourth-order valence-corrected chi connectivity index (χ4v) is 3.53. The maximum Gasteiger partial charge on any atom is 0.0882 e. The second-order valence-corrected chi connectivity index (χ2v) is 6.28. The van der Waals surface area contributed by atoms with E-state index in [2.05, 4.69) is 0 Å². The van der Waals surface area contributed by atoms with Gasteiger partial charge in [0.2, 0.25) is 0 Å². The lowest BCUT2D eigenvalue weighted by Crippen LogP contribution is -2.50. The first kappa shape index (κ1) is 14.3. The highest BCUT2D eigenvalue weighted by Crippen LogP contribution is 2.43. The summed E-state index contributed by atoms with van der Waals surface area (Å²) in [6.07, 6.45) is 8.21. The minimum atomic E-state index is -0.704. The Morgan fingerprint density at radius 3 is 2.72 bits per heavy atom. The summed E-state index contributed by atoms with van der Waals surface area (Å²) in [6, 6.07) is 0. The zero-order valence-electron chi connectivity index (χ0n) is 11.9. The molecule has 1 saturated carbocycles. The van der Waals surface area contributed by atoms with Gasteiger partial charge in [-0.15, -0.1) is 0 Å². The van der Waals surface area contributed by atoms with Gasteiger partial charge in [-0.1, -0.05) is 19.3 Å². The van der Waals surface area contributed by atoms with Gasteiger partial charge >= 0.3 is 0 Å². The van der Waals surface area contributed by atoms with Crippen LogP contribution < -0.4 is 0 Å². The molecule has 0 bridgehead atoms. The molecule has 2 unspecified atom stereocenters. The Morgan fingerprint density at radius 1 is 1.33 bits per heavy atom. The zero-order valence-corrected chi connectivity index (χ0v) is 11.9. The van der Waals surface area contributed by atoms with Crippen LogP contribution in [-0.2, 0) is 9.47 Å². The van der Waals surface area contributed by atoms with Gasteiger partial charge in [0.15, 0.2) is 0 Å². The maximum atomic E-state index is 10.6. The van der Waals surface area contributed by atoms with Gasteiger partial charge in [0.25, 0.3) is 0 Å². The Balaban J connectivity index is 1.96. The topological polar surface area (TPSA) is 38.7 Å². The third kappa shape index (κ3) is 3.25. The predicted octanol–water partition coefficient (Wildman–Crippen LogP) is 2.90. The normalized spacial score (nSPS) is 31.2. The smallest absolute Gasteiger partial charge is 0.0882 e. The van der Waals surface area contributed by atoms with Crippen LogP contribution in [0.3, 0.4) is 0 Å². The van der Waals surface area contributed by atoms with Crippen molar-refractivity contribution in [3.63, 3.8) is 0 Å². The average Bonchev–Trinajstić information content (AvgIpc) is 2.37. The summed E-state index contributed by atoms with van der Waals surface area (Å²) < 4.78 is 11.5. The van der Waals surface area contributed by atoms with Crippen molar-refractivity contribution in [3.8, 4) is 0 Å². The van der Waals surface area contributed by atoms with E-state index < -0.39 is 5.60 Å². The summed E-state index contributed by atoms with van der Waals surface area (Å²) in [7, 11) is 0. The molecule has 2 aliphatic rings. The highest BCUT2D eigenvalue weighted by Gasteiger charge is 2.44. The van der Waals surface area contributed by atoms with Crippen molar-refractivity contribution in [2.45, 2.75) is 70.0 Å². The molecular weight excluding hydrogens is 228 g/mol. The first-order valence-corrected chi connectivity index (χ1v) is 7.52. The fourth-order valence-electron chi connectivity index (χ4n) is 3.53. The standard InChI is InChI=1S/C15H28O3/c1-3-17-12-14(2,16)13-7-10-18-15(11-13)8-5-4-6-9-15/h13,16H,3-12H2,1-2H3. The molecule has 1 spiro atoms. The van der Waals surface area contributed by atoms with Gasteiger partial charge in [0.05, 0.1) is 17.8 Å². The number of aliphatic hydroxyl groups is 1. The van der Waals surface area contributed by atoms with Gasteiger partial charge in [-0.2, -0.15) is 0 Å². The van der Waals surface area contributed by atoms with E-state index in [1.807, 2.05) is 13.8 Å². The molecule has 2 rings (SSSR count). The van der Waals surface area contributed by atoms with E-state index in [1.54, 1.807) is 0 Å². The monoisotopic (exact) mass is 256 g/mol. The van der Waals surface area contributed by atoms with E-state index >= 15 is 0 Å². The van der Waals surface area contributed by atoms with Gasteiger partial charge < -0.3 is 14.6 Å². The van der Waals surface area contributed by atoms with E-state index in [0.717, 1.165) is 19.4 Å². The van der Waals surface area contributed by atoms with Gasteiger partial charge in [-0.3, -0.25) is 0 Å². The van der Waals surface area contributed by atoms with E-state index in [9.17, 15) is 5.11 Å². The molecule has 1 N–H and O–H groups in total. The second-order valence-electron chi connectivity index (χ2n) is 6.28. The molecule has 106 valence electrons. The third-order valence-corrected chi connectivity index (χ3v) is 4.74. The van der Waals surface area contributed by atoms with Crippen molar-refractivity contribution >= 4 is 0 Å². The Hall–Kier alpha value is -0.120. The molecule has 2 fully saturated rings. The molecule has 18 heavy (non-hydrogen) atoms. The molecule has 0 aromatic carbocycles. The minimum Gasteiger partial charge on any atom is -0.387 e. The largest absolute Gasteiger partial charge is 0.387 e. The third-order valence-electron chi connectivity index (χ3n) is 4.74. The Kier molecular flexibility index (Phi) is 4.68. The van der Waals surface area contributed by atoms with Crippen LogP contribution in [0, 0.1) is 5.92 Å². The molecule has 0 radical (unpaired) electrons. The van der Waals surface area contributed by atoms with Crippen LogP contribution in [0.2, 0.25) is 0 Å². The summed E-state index contributed by atoms with van der Waals surface area (Å²) in [5.41, 5.74) is -0.637. The number of rotatable bonds is 4. The number of hydrogen-bond donors (Lipinski definition) is 1. The second kappa shape index (κ2) is 5.89. The van der Waals surface area contributed by atoms with Crippen LogP contribution in [0.4, 0.5) is 0 Å². The number of ether oxygens (including phenoxy) is 2. The summed E-state index contributed by atoms with van der Waals surface area (Å²) >= 11 is 0. The van der Waals surface area contributed by atoms with Gasteiger partial charge in [-0.05, 0) is 45.4 Å². The first-order valence-electron chi connectivity index (χ1n) is 7.52. The van der Waals surface area contributed by atoms with Crippen molar-refractivity contribution in [1.29, 1.82) is 0 Å². The summed E-state index contributed by atoms with van der Waals surface area (Å²) in [6.45, 7) is 5.82. The number of hydrogen-bond acceptors (Lipinski definition) is 3. The first-order chi connectivity index (χ1) is 8.58. The summed E-state index contributed by atoms with van der Waals surface area (Å²) in [4.78, 5) is 0. The van der Waals surface area contributed by atoms with E-state index in [0.29, 0.717) is 19.1 Å². The van der Waals surface area contributed by atoms with Crippen molar-refractivity contribution in [1.82, 2.24) is 0 Å². The van der Waals surface area contributed by atoms with E-state index in [4.69, 9.17) is 9.47 Å². The van der Waals surface area contributed by atoms with Gasteiger partial charge in [0.1, 0.15) is 0 Å². The van der Waals surface area contributed by atoms with Crippen molar-refractivity contribution < 1.29 is 14.6 Å². The minimum absolute atomic E-state index is 0.0668. The summed E-state index contributed by atoms with van der Waals surface area (Å²) in [5, 5.41) is 10.6. The Morgan fingerprint density at radius 2 is 2.06 bits per heavy atom. The molecule has 3 nitrogen and oxygen atoms in total. The molecule has 1 aliphatic heterocycles. The average molecular weight is 256 g/mol. The van der Waals surface area contributed by atoms with Crippen LogP contribution in [0.25, 0.3) is 0 Å². The lowest BCUT2D eigenvalue weighted by Gasteiger charge is -2.47. The van der Waals surface area contributed by atoms with E-state index in [1.165, 1.54) is 32.1 Å². The molecule has 0 amide bonds. The molecule has 0 aromatic rings. The van der Waals surface area contributed by atoms with Crippen molar-refractivity contribution in [2.24, 2.45) is 5.92 Å². The molecule has 1 heterocycles. The van der Waals surface area contributed by atoms with Crippen molar-refractivity contribution in [3.05, 3.63) is 0 Å². The zero-order chi connectivity index (χ0) is 13.1. The van der Waals surface area contributed by atoms with Gasteiger partial charge in [-0.25, -0.2) is 0 Å². The van der Waals surface area contributed by atoms with Crippen LogP contribution in [0.1, 0.15) is 58.8 Å². The molecular formula is C15H28O3. The quantitative estimate of drug-likeness (QED) is 0.840. The molecule has 3 heteroatoms. The predicted molar refractivity (Wildman–Crippen MR) is 71.6 cm³/mol. The molecule has 1 saturated heterocycles. The van der Waals surface area contributed by atoms with Crippen LogP contribution in [0.5, 0.6) is 0 Å². The Bertz CT molecular complexity index is 251.